The fraction of sp³-hybridized carbons (Fsp3) is 0.500. The summed E-state index contributed by atoms with van der Waals surface area (Å²) >= 11 is 0. The quantitative estimate of drug-likeness (QED) is 0.851. The van der Waals surface area contributed by atoms with E-state index < -0.39 is 0 Å². The van der Waals surface area contributed by atoms with E-state index in [4.69, 9.17) is 4.74 Å². The Labute approximate surface area is 126 Å². The Kier molecular flexibility index (Phi) is 5.33. The van der Waals surface area contributed by atoms with Crippen molar-refractivity contribution in [2.75, 3.05) is 0 Å². The van der Waals surface area contributed by atoms with Crippen molar-refractivity contribution in [3.05, 3.63) is 41.5 Å². The van der Waals surface area contributed by atoms with Gasteiger partial charge in [0.2, 0.25) is 0 Å². The maximum Gasteiger partial charge on any atom is 0.164 e. The van der Waals surface area contributed by atoms with Crippen molar-refractivity contribution in [3.63, 3.8) is 0 Å². The van der Waals surface area contributed by atoms with E-state index >= 15 is 0 Å². The van der Waals surface area contributed by atoms with Crippen LogP contribution in [0.25, 0.3) is 0 Å². The molecule has 0 atom stereocenters. The van der Waals surface area contributed by atoms with Gasteiger partial charge in [-0.15, -0.1) is 0 Å². The van der Waals surface area contributed by atoms with Gasteiger partial charge in [0.1, 0.15) is 18.7 Å². The molecule has 2 aromatic rings. The molecule has 0 aliphatic carbocycles. The fourth-order valence-electron chi connectivity index (χ4n) is 2.11. The highest BCUT2D eigenvalue weighted by Gasteiger charge is 2.08. The van der Waals surface area contributed by atoms with Crippen molar-refractivity contribution in [1.82, 2.24) is 20.1 Å². The van der Waals surface area contributed by atoms with Crippen molar-refractivity contribution < 1.29 is 4.74 Å². The molecular formula is C16H24N4O. The monoisotopic (exact) mass is 288 g/mol. The van der Waals surface area contributed by atoms with Gasteiger partial charge in [0.15, 0.2) is 5.82 Å². The molecule has 0 saturated carbocycles. The third kappa shape index (κ3) is 4.29. The van der Waals surface area contributed by atoms with Crippen LogP contribution in [-0.2, 0) is 19.7 Å². The lowest BCUT2D eigenvalue weighted by atomic mass is 10.1. The fourth-order valence-corrected chi connectivity index (χ4v) is 2.11. The average molecular weight is 288 g/mol. The lowest BCUT2D eigenvalue weighted by Crippen LogP contribution is -2.22. The molecule has 114 valence electrons. The van der Waals surface area contributed by atoms with Crippen LogP contribution in [0.1, 0.15) is 37.7 Å². The van der Waals surface area contributed by atoms with E-state index in [1.54, 1.807) is 6.33 Å². The highest BCUT2D eigenvalue weighted by atomic mass is 16.5. The van der Waals surface area contributed by atoms with Crippen LogP contribution in [0.3, 0.4) is 0 Å². The molecule has 0 aliphatic rings. The number of aryl methyl sites for hydroxylation is 2. The highest BCUT2D eigenvalue weighted by Crippen LogP contribution is 2.21. The number of nitrogens with one attached hydrogen (secondary N) is 1. The van der Waals surface area contributed by atoms with Crippen LogP contribution in [0.5, 0.6) is 5.75 Å². The van der Waals surface area contributed by atoms with Gasteiger partial charge in [0.25, 0.3) is 0 Å². The van der Waals surface area contributed by atoms with E-state index in [-0.39, 0.29) is 0 Å². The van der Waals surface area contributed by atoms with E-state index in [1.165, 1.54) is 11.1 Å². The first-order chi connectivity index (χ1) is 10.1. The number of rotatable bonds is 7. The molecule has 5 heteroatoms. The van der Waals surface area contributed by atoms with Gasteiger partial charge in [0.05, 0.1) is 0 Å². The molecule has 21 heavy (non-hydrogen) atoms. The molecule has 5 nitrogen and oxygen atoms in total. The van der Waals surface area contributed by atoms with Crippen molar-refractivity contribution >= 4 is 0 Å². The van der Waals surface area contributed by atoms with Crippen molar-refractivity contribution in [3.8, 4) is 5.75 Å². The minimum absolute atomic E-state index is 0.436. The second-order valence-electron chi connectivity index (χ2n) is 5.43. The summed E-state index contributed by atoms with van der Waals surface area (Å²) in [6.45, 7) is 10.5. The molecule has 0 amide bonds. The number of ether oxygens (including phenoxy) is 1. The van der Waals surface area contributed by atoms with E-state index in [0.717, 1.165) is 24.7 Å². The molecule has 1 aromatic carbocycles. The van der Waals surface area contributed by atoms with Crippen molar-refractivity contribution in [2.45, 2.75) is 53.4 Å². The summed E-state index contributed by atoms with van der Waals surface area (Å²) in [5, 5.41) is 7.59. The minimum Gasteiger partial charge on any atom is -0.485 e. The zero-order chi connectivity index (χ0) is 15.2. The molecule has 1 N–H and O–H groups in total. The van der Waals surface area contributed by atoms with Gasteiger partial charge >= 0.3 is 0 Å². The van der Waals surface area contributed by atoms with Gasteiger partial charge < -0.3 is 10.1 Å². The zero-order valence-corrected chi connectivity index (χ0v) is 13.3. The number of hydrogen-bond acceptors (Lipinski definition) is 4. The number of hydrogen-bond donors (Lipinski definition) is 1. The zero-order valence-electron chi connectivity index (χ0n) is 13.3. The topological polar surface area (TPSA) is 52.0 Å². The molecule has 0 spiro atoms. The summed E-state index contributed by atoms with van der Waals surface area (Å²) < 4.78 is 7.80. The highest BCUT2D eigenvalue weighted by molar-refractivity contribution is 5.36. The lowest BCUT2D eigenvalue weighted by molar-refractivity contribution is 0.283. The van der Waals surface area contributed by atoms with Gasteiger partial charge in [-0.25, -0.2) is 9.67 Å². The second-order valence-corrected chi connectivity index (χ2v) is 5.43. The number of benzene rings is 1. The average Bonchev–Trinajstić information content (AvgIpc) is 2.91. The SMILES string of the molecule is CCn1ncnc1COc1ccc(C)cc1CNC(C)C. The van der Waals surface area contributed by atoms with Gasteiger partial charge in [-0.3, -0.25) is 0 Å². The summed E-state index contributed by atoms with van der Waals surface area (Å²) in [5.74, 6) is 1.75. The molecular weight excluding hydrogens is 264 g/mol. The van der Waals surface area contributed by atoms with Crippen molar-refractivity contribution in [2.24, 2.45) is 0 Å². The third-order valence-corrected chi connectivity index (χ3v) is 3.27. The van der Waals surface area contributed by atoms with E-state index in [9.17, 15) is 0 Å². The first-order valence-corrected chi connectivity index (χ1v) is 7.42. The molecule has 0 bridgehead atoms. The molecule has 0 unspecified atom stereocenters. The Balaban J connectivity index is 2.08. The number of nitrogens with zero attached hydrogens (tertiary/aromatic N) is 3. The maximum absolute atomic E-state index is 5.95. The Morgan fingerprint density at radius 1 is 1.33 bits per heavy atom. The normalized spacial score (nSPS) is 11.1. The first-order valence-electron chi connectivity index (χ1n) is 7.42. The molecule has 1 aromatic heterocycles. The Hall–Kier alpha value is -1.88. The largest absolute Gasteiger partial charge is 0.485 e. The molecule has 0 aliphatic heterocycles. The maximum atomic E-state index is 5.95. The van der Waals surface area contributed by atoms with Crippen molar-refractivity contribution in [1.29, 1.82) is 0 Å². The molecule has 1 heterocycles. The molecule has 0 radical (unpaired) electrons. The standard InChI is InChI=1S/C16H24N4O/c1-5-20-16(18-11-19-20)10-21-15-7-6-13(4)8-14(15)9-17-12(2)3/h6-8,11-12,17H,5,9-10H2,1-4H3. The summed E-state index contributed by atoms with van der Waals surface area (Å²) in [4.78, 5) is 4.23. The summed E-state index contributed by atoms with van der Waals surface area (Å²) in [7, 11) is 0. The van der Waals surface area contributed by atoms with Gasteiger partial charge in [-0.2, -0.15) is 5.10 Å². The van der Waals surface area contributed by atoms with Gasteiger partial charge in [-0.05, 0) is 19.9 Å². The van der Waals surface area contributed by atoms with Crippen LogP contribution in [0.4, 0.5) is 0 Å². The van der Waals surface area contributed by atoms with Crippen LogP contribution >= 0.6 is 0 Å². The van der Waals surface area contributed by atoms with Crippen LogP contribution in [0.2, 0.25) is 0 Å². The molecule has 0 fully saturated rings. The third-order valence-electron chi connectivity index (χ3n) is 3.27. The van der Waals surface area contributed by atoms with Crippen LogP contribution in [0, 0.1) is 6.92 Å². The Morgan fingerprint density at radius 3 is 2.86 bits per heavy atom. The Bertz CT molecular complexity index is 577. The summed E-state index contributed by atoms with van der Waals surface area (Å²) in [6, 6.07) is 6.70. The molecule has 0 saturated heterocycles. The van der Waals surface area contributed by atoms with Crippen LogP contribution in [-0.4, -0.2) is 20.8 Å². The second kappa shape index (κ2) is 7.22. The van der Waals surface area contributed by atoms with E-state index in [0.29, 0.717) is 12.6 Å². The first kappa shape index (κ1) is 15.5. The lowest BCUT2D eigenvalue weighted by Gasteiger charge is -2.14. The summed E-state index contributed by atoms with van der Waals surface area (Å²) in [6.07, 6.45) is 1.57. The summed E-state index contributed by atoms with van der Waals surface area (Å²) in [5.41, 5.74) is 2.41. The predicted molar refractivity (Wildman–Crippen MR) is 83.2 cm³/mol. The van der Waals surface area contributed by atoms with Gasteiger partial charge in [0, 0.05) is 24.7 Å². The van der Waals surface area contributed by atoms with E-state index in [1.807, 2.05) is 17.7 Å². The minimum atomic E-state index is 0.436. The van der Waals surface area contributed by atoms with Crippen LogP contribution < -0.4 is 10.1 Å². The van der Waals surface area contributed by atoms with E-state index in [2.05, 4.69) is 48.3 Å². The smallest absolute Gasteiger partial charge is 0.164 e. The predicted octanol–water partition coefficient (Wildman–Crippen LogP) is 2.68. The van der Waals surface area contributed by atoms with Gasteiger partial charge in [-0.1, -0.05) is 31.5 Å². The molecule has 2 rings (SSSR count). The Morgan fingerprint density at radius 2 is 2.14 bits per heavy atom. The van der Waals surface area contributed by atoms with Crippen LogP contribution in [0.15, 0.2) is 24.5 Å². The number of aromatic nitrogens is 3.